The first kappa shape index (κ1) is 8.59. The average molecular weight is 166 g/mol. The van der Waals surface area contributed by atoms with Crippen molar-refractivity contribution in [1.82, 2.24) is 0 Å². The van der Waals surface area contributed by atoms with Crippen LogP contribution in [0.1, 0.15) is 52.9 Å². The maximum atomic E-state index is 2.50. The molecule has 3 unspecified atom stereocenters. The molecule has 70 valence electrons. The van der Waals surface area contributed by atoms with E-state index in [4.69, 9.17) is 0 Å². The lowest BCUT2D eigenvalue weighted by atomic mass is 9.52. The van der Waals surface area contributed by atoms with E-state index in [1.54, 1.807) is 12.8 Å². The van der Waals surface area contributed by atoms with Crippen LogP contribution in [-0.2, 0) is 0 Å². The first-order valence-electron chi connectivity index (χ1n) is 5.76. The first-order chi connectivity index (χ1) is 5.76. The minimum Gasteiger partial charge on any atom is -0.0654 e. The average Bonchev–Trinajstić information content (AvgIpc) is 2.85. The Morgan fingerprint density at radius 2 is 1.92 bits per heavy atom. The summed E-state index contributed by atoms with van der Waals surface area (Å²) in [5.74, 6) is 3.25. The maximum Gasteiger partial charge on any atom is -0.0238 e. The zero-order chi connectivity index (χ0) is 8.77. The van der Waals surface area contributed by atoms with E-state index in [2.05, 4.69) is 20.8 Å². The highest BCUT2D eigenvalue weighted by Gasteiger charge is 2.64. The molecule has 2 rings (SSSR count). The van der Waals surface area contributed by atoms with Gasteiger partial charge in [0.25, 0.3) is 0 Å². The molecule has 2 fully saturated rings. The molecule has 3 atom stereocenters. The van der Waals surface area contributed by atoms with Crippen LogP contribution in [0.4, 0.5) is 0 Å². The van der Waals surface area contributed by atoms with Crippen molar-refractivity contribution >= 4 is 0 Å². The van der Waals surface area contributed by atoms with Gasteiger partial charge in [-0.3, -0.25) is 0 Å². The number of hydrogen-bond acceptors (Lipinski definition) is 0. The molecule has 2 aliphatic carbocycles. The van der Waals surface area contributed by atoms with Gasteiger partial charge in [-0.1, -0.05) is 40.0 Å². The second-order valence-electron chi connectivity index (χ2n) is 4.99. The summed E-state index contributed by atoms with van der Waals surface area (Å²) in [4.78, 5) is 0. The Bertz CT molecular complexity index is 167. The molecular weight excluding hydrogens is 144 g/mol. The lowest BCUT2D eigenvalue weighted by Crippen LogP contribution is -2.46. The second kappa shape index (κ2) is 2.75. The van der Waals surface area contributed by atoms with Gasteiger partial charge < -0.3 is 0 Å². The van der Waals surface area contributed by atoms with Gasteiger partial charge in [0.05, 0.1) is 0 Å². The number of rotatable bonds is 3. The predicted molar refractivity (Wildman–Crippen MR) is 53.0 cm³/mol. The third-order valence-corrected chi connectivity index (χ3v) is 4.69. The fraction of sp³-hybridized carbons (Fsp3) is 1.00. The fourth-order valence-corrected chi connectivity index (χ4v) is 3.88. The van der Waals surface area contributed by atoms with Crippen LogP contribution in [0.15, 0.2) is 0 Å². The summed E-state index contributed by atoms with van der Waals surface area (Å²) in [5, 5.41) is 0. The Morgan fingerprint density at radius 3 is 2.33 bits per heavy atom. The minimum atomic E-state index is 0.870. The van der Waals surface area contributed by atoms with Gasteiger partial charge in [-0.2, -0.15) is 0 Å². The van der Waals surface area contributed by atoms with Gasteiger partial charge in [0, 0.05) is 0 Å². The number of hydrogen-bond donors (Lipinski definition) is 0. The summed E-state index contributed by atoms with van der Waals surface area (Å²) in [5.41, 5.74) is 0.870. The van der Waals surface area contributed by atoms with E-state index in [1.165, 1.54) is 19.3 Å². The molecule has 12 heavy (non-hydrogen) atoms. The monoisotopic (exact) mass is 166 g/mol. The van der Waals surface area contributed by atoms with E-state index in [0.29, 0.717) is 0 Å². The summed E-state index contributed by atoms with van der Waals surface area (Å²) in [7, 11) is 0. The minimum absolute atomic E-state index is 0.870. The van der Waals surface area contributed by atoms with Crippen molar-refractivity contribution in [3.05, 3.63) is 0 Å². The van der Waals surface area contributed by atoms with Crippen molar-refractivity contribution in [2.45, 2.75) is 52.9 Å². The molecule has 2 aliphatic rings. The largest absolute Gasteiger partial charge is 0.0654 e. The highest BCUT2D eigenvalue weighted by atomic mass is 14.7. The van der Waals surface area contributed by atoms with Gasteiger partial charge in [0.2, 0.25) is 0 Å². The first-order valence-corrected chi connectivity index (χ1v) is 5.76. The molecule has 0 heterocycles. The van der Waals surface area contributed by atoms with Crippen molar-refractivity contribution in [1.29, 1.82) is 0 Å². The van der Waals surface area contributed by atoms with E-state index in [1.807, 2.05) is 0 Å². The molecule has 0 heteroatoms. The Morgan fingerprint density at radius 1 is 1.25 bits per heavy atom. The summed E-state index contributed by atoms with van der Waals surface area (Å²) in [6.45, 7) is 7.22. The van der Waals surface area contributed by atoms with Gasteiger partial charge in [-0.15, -0.1) is 0 Å². The van der Waals surface area contributed by atoms with Crippen LogP contribution in [0.5, 0.6) is 0 Å². The van der Waals surface area contributed by atoms with Crippen molar-refractivity contribution in [3.8, 4) is 0 Å². The van der Waals surface area contributed by atoms with Crippen LogP contribution >= 0.6 is 0 Å². The van der Waals surface area contributed by atoms with E-state index in [9.17, 15) is 0 Å². The van der Waals surface area contributed by atoms with Gasteiger partial charge in [0.1, 0.15) is 0 Å². The normalized spacial score (nSPS) is 42.8. The van der Waals surface area contributed by atoms with Gasteiger partial charge in [-0.25, -0.2) is 0 Å². The molecule has 0 aromatic carbocycles. The molecule has 0 bridgehead atoms. The standard InChI is InChI=1S/C12H22/c1-4-6-10-9(3)12(7-8-12)11(10)5-2/h9-11H,4-8H2,1-3H3. The van der Waals surface area contributed by atoms with Gasteiger partial charge in [-0.05, 0) is 36.0 Å². The van der Waals surface area contributed by atoms with Crippen molar-refractivity contribution in [3.63, 3.8) is 0 Å². The topological polar surface area (TPSA) is 0 Å². The van der Waals surface area contributed by atoms with Crippen LogP contribution < -0.4 is 0 Å². The van der Waals surface area contributed by atoms with Crippen LogP contribution in [0.3, 0.4) is 0 Å². The van der Waals surface area contributed by atoms with E-state index in [-0.39, 0.29) is 0 Å². The Kier molecular flexibility index (Phi) is 1.97. The molecule has 0 N–H and O–H groups in total. The Hall–Kier alpha value is 0. The molecule has 0 aromatic heterocycles. The van der Waals surface area contributed by atoms with E-state index >= 15 is 0 Å². The molecule has 1 spiro atoms. The smallest absolute Gasteiger partial charge is 0.0238 e. The predicted octanol–water partition coefficient (Wildman–Crippen LogP) is 3.86. The van der Waals surface area contributed by atoms with Crippen LogP contribution in [0.2, 0.25) is 0 Å². The van der Waals surface area contributed by atoms with Gasteiger partial charge >= 0.3 is 0 Å². The van der Waals surface area contributed by atoms with Crippen molar-refractivity contribution in [2.75, 3.05) is 0 Å². The summed E-state index contributed by atoms with van der Waals surface area (Å²) >= 11 is 0. The van der Waals surface area contributed by atoms with Crippen LogP contribution in [0, 0.1) is 23.2 Å². The zero-order valence-corrected chi connectivity index (χ0v) is 8.77. The van der Waals surface area contributed by atoms with Crippen LogP contribution in [0.25, 0.3) is 0 Å². The molecule has 0 radical (unpaired) electrons. The molecule has 0 amide bonds. The SMILES string of the molecule is CCCC1C(C)C2(CC2)C1CC. The highest BCUT2D eigenvalue weighted by Crippen LogP contribution is 2.72. The molecule has 0 aromatic rings. The third kappa shape index (κ3) is 0.900. The molecule has 0 aliphatic heterocycles. The molecule has 0 saturated heterocycles. The lowest BCUT2D eigenvalue weighted by molar-refractivity contribution is -0.0421. The maximum absolute atomic E-state index is 2.50. The fourth-order valence-electron chi connectivity index (χ4n) is 3.88. The Labute approximate surface area is 76.7 Å². The van der Waals surface area contributed by atoms with E-state index in [0.717, 1.165) is 23.2 Å². The zero-order valence-electron chi connectivity index (χ0n) is 8.77. The van der Waals surface area contributed by atoms with E-state index < -0.39 is 0 Å². The third-order valence-electron chi connectivity index (χ3n) is 4.69. The molecule has 0 nitrogen and oxygen atoms in total. The Balaban J connectivity index is 1.98. The lowest BCUT2D eigenvalue weighted by Gasteiger charge is -2.52. The van der Waals surface area contributed by atoms with Crippen molar-refractivity contribution in [2.24, 2.45) is 23.2 Å². The van der Waals surface area contributed by atoms with Gasteiger partial charge in [0.15, 0.2) is 0 Å². The summed E-state index contributed by atoms with van der Waals surface area (Å²) < 4.78 is 0. The molecule has 2 saturated carbocycles. The highest BCUT2D eigenvalue weighted by molar-refractivity contribution is 5.13. The summed E-state index contributed by atoms with van der Waals surface area (Å²) in [6, 6.07) is 0. The quantitative estimate of drug-likeness (QED) is 0.597. The van der Waals surface area contributed by atoms with Crippen LogP contribution in [-0.4, -0.2) is 0 Å². The summed E-state index contributed by atoms with van der Waals surface area (Å²) in [6.07, 6.45) is 7.41. The second-order valence-corrected chi connectivity index (χ2v) is 4.99. The van der Waals surface area contributed by atoms with Crippen molar-refractivity contribution < 1.29 is 0 Å². The molecular formula is C12H22.